The van der Waals surface area contributed by atoms with Gasteiger partial charge in [-0.15, -0.1) is 0 Å². The Labute approximate surface area is 133 Å². The minimum Gasteiger partial charge on any atom is -0.484 e. The van der Waals surface area contributed by atoms with Crippen molar-refractivity contribution in [2.24, 2.45) is 5.73 Å². The molecule has 1 unspecified atom stereocenters. The van der Waals surface area contributed by atoms with Gasteiger partial charge in [0.1, 0.15) is 11.8 Å². The van der Waals surface area contributed by atoms with Crippen LogP contribution >= 0.6 is 0 Å². The molecule has 1 fully saturated rings. The molecule has 0 aliphatic heterocycles. The molecule has 1 aromatic rings. The Morgan fingerprint density at radius 1 is 1.35 bits per heavy atom. The van der Waals surface area contributed by atoms with Gasteiger partial charge >= 0.3 is 6.03 Å². The SMILES string of the molecule is CC(Nc1cccc(OCC(N)=O)c1)C(=O)NC(=O)NC1CC1. The molecule has 0 radical (unpaired) electrons. The first-order chi connectivity index (χ1) is 10.9. The zero-order valence-electron chi connectivity index (χ0n) is 12.8. The summed E-state index contributed by atoms with van der Waals surface area (Å²) < 4.78 is 5.19. The highest BCUT2D eigenvalue weighted by atomic mass is 16.5. The lowest BCUT2D eigenvalue weighted by Crippen LogP contribution is -2.46. The fraction of sp³-hybridized carbons (Fsp3) is 0.400. The maximum Gasteiger partial charge on any atom is 0.321 e. The Bertz CT molecular complexity index is 601. The third-order valence-corrected chi connectivity index (χ3v) is 3.14. The Morgan fingerprint density at radius 3 is 2.74 bits per heavy atom. The van der Waals surface area contributed by atoms with E-state index in [2.05, 4.69) is 16.0 Å². The second-order valence-corrected chi connectivity index (χ2v) is 5.39. The number of anilines is 1. The quantitative estimate of drug-likeness (QED) is 0.577. The van der Waals surface area contributed by atoms with Gasteiger partial charge in [0.2, 0.25) is 5.91 Å². The van der Waals surface area contributed by atoms with Gasteiger partial charge in [0, 0.05) is 17.8 Å². The van der Waals surface area contributed by atoms with Crippen LogP contribution in [0, 0.1) is 0 Å². The lowest BCUT2D eigenvalue weighted by Gasteiger charge is -2.15. The van der Waals surface area contributed by atoms with Gasteiger partial charge in [-0.05, 0) is 31.9 Å². The van der Waals surface area contributed by atoms with E-state index in [0.717, 1.165) is 12.8 Å². The van der Waals surface area contributed by atoms with Crippen molar-refractivity contribution in [2.45, 2.75) is 31.8 Å². The molecule has 8 nitrogen and oxygen atoms in total. The van der Waals surface area contributed by atoms with Crippen LogP contribution in [0.25, 0.3) is 0 Å². The van der Waals surface area contributed by atoms with Crippen molar-refractivity contribution < 1.29 is 19.1 Å². The van der Waals surface area contributed by atoms with Crippen LogP contribution in [0.1, 0.15) is 19.8 Å². The second kappa shape index (κ2) is 7.48. The number of rotatable bonds is 7. The number of hydrogen-bond donors (Lipinski definition) is 4. The van der Waals surface area contributed by atoms with Gasteiger partial charge in [0.05, 0.1) is 0 Å². The average molecular weight is 320 g/mol. The zero-order chi connectivity index (χ0) is 16.8. The predicted octanol–water partition coefficient (Wildman–Crippen LogP) is 0.339. The maximum atomic E-state index is 11.9. The Morgan fingerprint density at radius 2 is 2.09 bits per heavy atom. The number of ether oxygens (including phenoxy) is 1. The Kier molecular flexibility index (Phi) is 5.40. The molecule has 1 aliphatic rings. The number of nitrogens with one attached hydrogen (secondary N) is 3. The first kappa shape index (κ1) is 16.6. The van der Waals surface area contributed by atoms with Gasteiger partial charge in [0.15, 0.2) is 6.61 Å². The number of hydrogen-bond acceptors (Lipinski definition) is 5. The van der Waals surface area contributed by atoms with Crippen molar-refractivity contribution in [3.05, 3.63) is 24.3 Å². The van der Waals surface area contributed by atoms with E-state index >= 15 is 0 Å². The summed E-state index contributed by atoms with van der Waals surface area (Å²) in [5, 5.41) is 7.92. The average Bonchev–Trinajstić information content (AvgIpc) is 3.29. The van der Waals surface area contributed by atoms with Crippen molar-refractivity contribution in [3.63, 3.8) is 0 Å². The van der Waals surface area contributed by atoms with E-state index in [-0.39, 0.29) is 12.6 Å². The molecule has 0 heterocycles. The highest BCUT2D eigenvalue weighted by molar-refractivity contribution is 5.98. The molecule has 4 amide bonds. The number of nitrogens with two attached hydrogens (primary N) is 1. The number of imide groups is 1. The molecular weight excluding hydrogens is 300 g/mol. The molecule has 23 heavy (non-hydrogen) atoms. The molecule has 1 saturated carbocycles. The van der Waals surface area contributed by atoms with Crippen LogP contribution < -0.4 is 26.4 Å². The molecule has 0 saturated heterocycles. The van der Waals surface area contributed by atoms with E-state index in [4.69, 9.17) is 10.5 Å². The first-order valence-corrected chi connectivity index (χ1v) is 7.33. The smallest absolute Gasteiger partial charge is 0.321 e. The molecule has 0 aromatic heterocycles. The number of urea groups is 1. The van der Waals surface area contributed by atoms with Crippen molar-refractivity contribution in [3.8, 4) is 5.75 Å². The van der Waals surface area contributed by atoms with Crippen molar-refractivity contribution >= 4 is 23.5 Å². The molecule has 0 bridgehead atoms. The summed E-state index contributed by atoms with van der Waals surface area (Å²) in [6.45, 7) is 1.41. The summed E-state index contributed by atoms with van der Waals surface area (Å²) in [5.74, 6) is -0.558. The summed E-state index contributed by atoms with van der Waals surface area (Å²) in [5.41, 5.74) is 5.64. The number of carbonyl (C=O) groups is 3. The van der Waals surface area contributed by atoms with Crippen LogP contribution in [-0.4, -0.2) is 36.5 Å². The molecule has 5 N–H and O–H groups in total. The lowest BCUT2D eigenvalue weighted by molar-refractivity contribution is -0.121. The Balaban J connectivity index is 1.84. The molecular formula is C15H20N4O4. The molecule has 8 heteroatoms. The van der Waals surface area contributed by atoms with Crippen LogP contribution in [0.4, 0.5) is 10.5 Å². The molecule has 0 spiro atoms. The first-order valence-electron chi connectivity index (χ1n) is 7.33. The zero-order valence-corrected chi connectivity index (χ0v) is 12.8. The predicted molar refractivity (Wildman–Crippen MR) is 83.9 cm³/mol. The van der Waals surface area contributed by atoms with Gasteiger partial charge in [-0.1, -0.05) is 6.07 Å². The third kappa shape index (κ3) is 5.85. The molecule has 2 rings (SSSR count). The minimum atomic E-state index is -0.619. The van der Waals surface area contributed by atoms with Crippen molar-refractivity contribution in [1.29, 1.82) is 0 Å². The van der Waals surface area contributed by atoms with Gasteiger partial charge in [-0.3, -0.25) is 14.9 Å². The molecule has 1 aromatic carbocycles. The number of primary amides is 1. The second-order valence-electron chi connectivity index (χ2n) is 5.39. The summed E-state index contributed by atoms with van der Waals surface area (Å²) in [6, 6.07) is 5.84. The standard InChI is InChI=1S/C15H20N4O4/c1-9(14(21)19-15(22)18-10-5-6-10)17-11-3-2-4-12(7-11)23-8-13(16)20/h2-4,7,9-10,17H,5-6,8H2,1H3,(H2,16,20)(H2,18,19,21,22). The largest absolute Gasteiger partial charge is 0.484 e. The Hall–Kier alpha value is -2.77. The van der Waals surface area contributed by atoms with Crippen LogP contribution in [0.2, 0.25) is 0 Å². The van der Waals surface area contributed by atoms with Gasteiger partial charge in [-0.25, -0.2) is 4.79 Å². The summed E-state index contributed by atoms with van der Waals surface area (Å²) in [7, 11) is 0. The van der Waals surface area contributed by atoms with E-state index in [1.807, 2.05) is 0 Å². The fourth-order valence-electron chi connectivity index (χ4n) is 1.81. The highest BCUT2D eigenvalue weighted by Gasteiger charge is 2.24. The maximum absolute atomic E-state index is 11.9. The molecule has 124 valence electrons. The highest BCUT2D eigenvalue weighted by Crippen LogP contribution is 2.19. The number of benzene rings is 1. The normalized spacial score (nSPS) is 14.5. The van der Waals surface area contributed by atoms with Gasteiger partial charge < -0.3 is 21.1 Å². The van der Waals surface area contributed by atoms with Crippen molar-refractivity contribution in [2.75, 3.05) is 11.9 Å². The van der Waals surface area contributed by atoms with Gasteiger partial charge in [0.25, 0.3) is 5.91 Å². The summed E-state index contributed by atoms with van der Waals surface area (Å²) in [6.07, 6.45) is 1.90. The monoisotopic (exact) mass is 320 g/mol. The molecule has 1 aliphatic carbocycles. The minimum absolute atomic E-state index is 0.185. The van der Waals surface area contributed by atoms with E-state index < -0.39 is 23.9 Å². The summed E-state index contributed by atoms with van der Waals surface area (Å²) >= 11 is 0. The van der Waals surface area contributed by atoms with Crippen LogP contribution in [0.15, 0.2) is 24.3 Å². The molecule has 1 atom stereocenters. The lowest BCUT2D eigenvalue weighted by atomic mass is 10.2. The van der Waals surface area contributed by atoms with E-state index in [1.165, 1.54) is 0 Å². The van der Waals surface area contributed by atoms with Crippen LogP contribution in [0.5, 0.6) is 5.75 Å². The van der Waals surface area contributed by atoms with Crippen LogP contribution in [-0.2, 0) is 9.59 Å². The van der Waals surface area contributed by atoms with E-state index in [1.54, 1.807) is 31.2 Å². The number of carbonyl (C=O) groups excluding carboxylic acids is 3. The van der Waals surface area contributed by atoms with Crippen molar-refractivity contribution in [1.82, 2.24) is 10.6 Å². The van der Waals surface area contributed by atoms with Crippen LogP contribution in [0.3, 0.4) is 0 Å². The number of amides is 4. The topological polar surface area (TPSA) is 123 Å². The van der Waals surface area contributed by atoms with E-state index in [0.29, 0.717) is 11.4 Å². The van der Waals surface area contributed by atoms with Gasteiger partial charge in [-0.2, -0.15) is 0 Å². The fourth-order valence-corrected chi connectivity index (χ4v) is 1.81. The third-order valence-electron chi connectivity index (χ3n) is 3.14. The van der Waals surface area contributed by atoms with E-state index in [9.17, 15) is 14.4 Å². The summed E-state index contributed by atoms with van der Waals surface area (Å²) in [4.78, 5) is 34.2.